The summed E-state index contributed by atoms with van der Waals surface area (Å²) >= 11 is 0. The molecule has 3 aromatic carbocycles. The predicted octanol–water partition coefficient (Wildman–Crippen LogP) is 6.41. The van der Waals surface area contributed by atoms with Gasteiger partial charge in [-0.3, -0.25) is 4.79 Å². The van der Waals surface area contributed by atoms with Crippen molar-refractivity contribution in [3.63, 3.8) is 0 Å². The SMILES string of the molecule is COc1cccc(-n2c(-c3ccccc3)cc(C(=O)NCc3cccc(C(F)(F)F)c3)c2C)c1. The quantitative estimate of drug-likeness (QED) is 0.358. The van der Waals surface area contributed by atoms with Gasteiger partial charge in [0.25, 0.3) is 5.91 Å². The maximum absolute atomic E-state index is 13.1. The van der Waals surface area contributed by atoms with E-state index in [9.17, 15) is 18.0 Å². The van der Waals surface area contributed by atoms with Gasteiger partial charge in [0.05, 0.1) is 23.9 Å². The normalized spacial score (nSPS) is 11.3. The zero-order valence-corrected chi connectivity index (χ0v) is 18.7. The minimum atomic E-state index is -4.44. The highest BCUT2D eigenvalue weighted by Crippen LogP contribution is 2.31. The Morgan fingerprint density at radius 3 is 2.38 bits per heavy atom. The van der Waals surface area contributed by atoms with Gasteiger partial charge >= 0.3 is 6.18 Å². The van der Waals surface area contributed by atoms with Crippen LogP contribution >= 0.6 is 0 Å². The lowest BCUT2D eigenvalue weighted by Gasteiger charge is -2.13. The third-order valence-electron chi connectivity index (χ3n) is 5.58. The number of nitrogens with one attached hydrogen (secondary N) is 1. The fourth-order valence-electron chi connectivity index (χ4n) is 3.88. The minimum absolute atomic E-state index is 0.0206. The van der Waals surface area contributed by atoms with E-state index in [1.165, 1.54) is 6.07 Å². The van der Waals surface area contributed by atoms with Gasteiger partial charge in [-0.2, -0.15) is 13.2 Å². The van der Waals surface area contributed by atoms with E-state index in [4.69, 9.17) is 4.74 Å². The number of carbonyl (C=O) groups is 1. The van der Waals surface area contributed by atoms with Gasteiger partial charge in [-0.05, 0) is 48.4 Å². The first-order chi connectivity index (χ1) is 16.3. The fourth-order valence-corrected chi connectivity index (χ4v) is 3.88. The molecule has 34 heavy (non-hydrogen) atoms. The number of methoxy groups -OCH3 is 1. The highest BCUT2D eigenvalue weighted by molar-refractivity contribution is 5.97. The van der Waals surface area contributed by atoms with Crippen molar-refractivity contribution in [3.05, 3.63) is 107 Å². The van der Waals surface area contributed by atoms with Gasteiger partial charge in [0.2, 0.25) is 0 Å². The predicted molar refractivity (Wildman–Crippen MR) is 125 cm³/mol. The third kappa shape index (κ3) is 4.83. The minimum Gasteiger partial charge on any atom is -0.497 e. The number of rotatable bonds is 6. The van der Waals surface area contributed by atoms with E-state index in [1.807, 2.05) is 66.1 Å². The number of aromatic nitrogens is 1. The summed E-state index contributed by atoms with van der Waals surface area (Å²) in [6.45, 7) is 1.82. The molecule has 0 bridgehead atoms. The van der Waals surface area contributed by atoms with E-state index in [2.05, 4.69) is 5.32 Å². The summed E-state index contributed by atoms with van der Waals surface area (Å²) in [5.74, 6) is 0.314. The Kier molecular flexibility index (Phi) is 6.45. The van der Waals surface area contributed by atoms with Crippen molar-refractivity contribution in [2.24, 2.45) is 0 Å². The smallest absolute Gasteiger partial charge is 0.416 e. The Hall–Kier alpha value is -4.00. The highest BCUT2D eigenvalue weighted by Gasteiger charge is 2.30. The Labute approximate surface area is 195 Å². The highest BCUT2D eigenvalue weighted by atomic mass is 19.4. The van der Waals surface area contributed by atoms with Gasteiger partial charge in [0.15, 0.2) is 0 Å². The summed E-state index contributed by atoms with van der Waals surface area (Å²) < 4.78 is 46.4. The number of carbonyl (C=O) groups excluding carboxylic acids is 1. The van der Waals surface area contributed by atoms with Crippen molar-refractivity contribution in [1.29, 1.82) is 0 Å². The van der Waals surface area contributed by atoms with Crippen molar-refractivity contribution >= 4 is 5.91 Å². The Balaban J connectivity index is 1.68. The first-order valence-corrected chi connectivity index (χ1v) is 10.6. The van der Waals surface area contributed by atoms with E-state index >= 15 is 0 Å². The second-order valence-corrected chi connectivity index (χ2v) is 7.81. The third-order valence-corrected chi connectivity index (χ3v) is 5.58. The van der Waals surface area contributed by atoms with Gasteiger partial charge < -0.3 is 14.6 Å². The van der Waals surface area contributed by atoms with Crippen molar-refractivity contribution < 1.29 is 22.7 Å². The Morgan fingerprint density at radius 1 is 0.941 bits per heavy atom. The van der Waals surface area contributed by atoms with Crippen LogP contribution in [0.15, 0.2) is 84.9 Å². The molecule has 0 fully saturated rings. The summed E-state index contributed by atoms with van der Waals surface area (Å²) in [6.07, 6.45) is -4.44. The summed E-state index contributed by atoms with van der Waals surface area (Å²) in [6, 6.07) is 23.9. The molecule has 4 aromatic rings. The molecule has 7 heteroatoms. The molecular formula is C27H23F3N2O2. The second-order valence-electron chi connectivity index (χ2n) is 7.81. The lowest BCUT2D eigenvalue weighted by Crippen LogP contribution is -2.23. The molecule has 0 aliphatic carbocycles. The molecule has 1 aromatic heterocycles. The zero-order chi connectivity index (χ0) is 24.3. The maximum atomic E-state index is 13.1. The Bertz CT molecular complexity index is 1310. The molecule has 174 valence electrons. The molecule has 4 nitrogen and oxygen atoms in total. The van der Waals surface area contributed by atoms with E-state index in [1.54, 1.807) is 19.2 Å². The van der Waals surface area contributed by atoms with Crippen LogP contribution in [0.25, 0.3) is 16.9 Å². The monoisotopic (exact) mass is 464 g/mol. The van der Waals surface area contributed by atoms with Crippen LogP contribution in [0.1, 0.15) is 27.2 Å². The number of hydrogen-bond donors (Lipinski definition) is 1. The molecule has 1 heterocycles. The average Bonchev–Trinajstić information content (AvgIpc) is 3.20. The zero-order valence-electron chi connectivity index (χ0n) is 18.7. The first-order valence-electron chi connectivity index (χ1n) is 10.6. The van der Waals surface area contributed by atoms with Gasteiger partial charge in [-0.1, -0.05) is 48.5 Å². The molecular weight excluding hydrogens is 441 g/mol. The molecule has 0 aliphatic rings. The van der Waals surface area contributed by atoms with Crippen LogP contribution in [-0.4, -0.2) is 17.6 Å². The fraction of sp³-hybridized carbons (Fsp3) is 0.148. The number of hydrogen-bond acceptors (Lipinski definition) is 2. The van der Waals surface area contributed by atoms with Gasteiger partial charge in [0.1, 0.15) is 5.75 Å². The Morgan fingerprint density at radius 2 is 1.68 bits per heavy atom. The first kappa shape index (κ1) is 23.2. The van der Waals surface area contributed by atoms with Crippen LogP contribution in [-0.2, 0) is 12.7 Å². The van der Waals surface area contributed by atoms with Crippen molar-refractivity contribution in [3.8, 4) is 22.7 Å². The average molecular weight is 464 g/mol. The van der Waals surface area contributed by atoms with Crippen molar-refractivity contribution in [2.45, 2.75) is 19.6 Å². The largest absolute Gasteiger partial charge is 0.497 e. The molecule has 0 saturated heterocycles. The lowest BCUT2D eigenvalue weighted by atomic mass is 10.1. The molecule has 1 amide bonds. The van der Waals surface area contributed by atoms with E-state index in [-0.39, 0.29) is 12.5 Å². The molecule has 0 saturated carbocycles. The van der Waals surface area contributed by atoms with Crippen molar-refractivity contribution in [2.75, 3.05) is 7.11 Å². The molecule has 1 N–H and O–H groups in total. The van der Waals surface area contributed by atoms with Crippen LogP contribution in [0.2, 0.25) is 0 Å². The van der Waals surface area contributed by atoms with Crippen LogP contribution in [0.5, 0.6) is 5.75 Å². The number of ether oxygens (including phenoxy) is 1. The topological polar surface area (TPSA) is 43.3 Å². The van der Waals surface area contributed by atoms with E-state index < -0.39 is 11.7 Å². The van der Waals surface area contributed by atoms with Gasteiger partial charge in [-0.25, -0.2) is 0 Å². The van der Waals surface area contributed by atoms with E-state index in [0.717, 1.165) is 29.1 Å². The standard InChI is InChI=1S/C27H23F3N2O2/c1-18-24(26(33)31-17-19-8-6-11-21(14-19)27(28,29)30)16-25(20-9-4-3-5-10-20)32(18)22-12-7-13-23(15-22)34-2/h3-16H,17H2,1-2H3,(H,31,33). The number of alkyl halides is 3. The maximum Gasteiger partial charge on any atom is 0.416 e. The number of halogens is 3. The second kappa shape index (κ2) is 9.47. The lowest BCUT2D eigenvalue weighted by molar-refractivity contribution is -0.137. The molecule has 0 unspecified atom stereocenters. The van der Waals surface area contributed by atoms with Crippen LogP contribution < -0.4 is 10.1 Å². The number of benzene rings is 3. The van der Waals surface area contributed by atoms with Crippen molar-refractivity contribution in [1.82, 2.24) is 9.88 Å². The molecule has 0 radical (unpaired) electrons. The summed E-state index contributed by atoms with van der Waals surface area (Å²) in [5, 5.41) is 2.76. The van der Waals surface area contributed by atoms with Crippen LogP contribution in [0.4, 0.5) is 13.2 Å². The number of amides is 1. The molecule has 0 spiro atoms. The van der Waals surface area contributed by atoms with E-state index in [0.29, 0.717) is 22.6 Å². The molecule has 0 atom stereocenters. The van der Waals surface area contributed by atoms with Crippen LogP contribution in [0.3, 0.4) is 0 Å². The molecule has 4 rings (SSSR count). The number of nitrogens with zero attached hydrogens (tertiary/aromatic N) is 1. The summed E-state index contributed by atoms with van der Waals surface area (Å²) in [5.41, 5.74) is 3.33. The van der Waals surface area contributed by atoms with Gasteiger partial charge in [0, 0.05) is 24.0 Å². The van der Waals surface area contributed by atoms with Gasteiger partial charge in [-0.15, -0.1) is 0 Å². The summed E-state index contributed by atoms with van der Waals surface area (Å²) in [4.78, 5) is 13.1. The molecule has 0 aliphatic heterocycles. The summed E-state index contributed by atoms with van der Waals surface area (Å²) in [7, 11) is 1.59. The van der Waals surface area contributed by atoms with Crippen LogP contribution in [0, 0.1) is 6.92 Å².